The summed E-state index contributed by atoms with van der Waals surface area (Å²) < 4.78 is 7.61. The topological polar surface area (TPSA) is 47.3 Å². The molecule has 2 aromatic rings. The molecule has 0 aliphatic rings. The molecule has 1 heterocycles. The normalized spacial score (nSPS) is 12.7. The predicted molar refractivity (Wildman–Crippen MR) is 78.6 cm³/mol. The van der Waals surface area contributed by atoms with Crippen molar-refractivity contribution >= 4 is 0 Å². The van der Waals surface area contributed by atoms with Gasteiger partial charge in [0.2, 0.25) is 0 Å². The fraction of sp³-hybridized carbons (Fsp3) is 0.438. The molecule has 0 saturated carbocycles. The Labute approximate surface area is 120 Å². The Morgan fingerprint density at radius 1 is 1.20 bits per heavy atom. The van der Waals surface area contributed by atoms with Gasteiger partial charge in [-0.15, -0.1) is 0 Å². The van der Waals surface area contributed by atoms with E-state index >= 15 is 0 Å². The number of ether oxygens (including phenoxy) is 1. The summed E-state index contributed by atoms with van der Waals surface area (Å²) in [6.45, 7) is 6.60. The third-order valence-corrected chi connectivity index (χ3v) is 3.23. The third kappa shape index (κ3) is 3.61. The van der Waals surface area contributed by atoms with Crippen LogP contribution in [-0.4, -0.2) is 14.9 Å². The van der Waals surface area contributed by atoms with Crippen molar-refractivity contribution in [3.8, 4) is 5.75 Å². The van der Waals surface area contributed by atoms with E-state index in [0.29, 0.717) is 19.1 Å². The lowest BCUT2D eigenvalue weighted by molar-refractivity contribution is 0.173. The van der Waals surface area contributed by atoms with Crippen molar-refractivity contribution in [1.29, 1.82) is 0 Å². The first-order valence-electron chi connectivity index (χ1n) is 7.05. The van der Waals surface area contributed by atoms with Crippen molar-refractivity contribution in [2.45, 2.75) is 45.9 Å². The average Bonchev–Trinajstić information content (AvgIpc) is 2.94. The Hall–Kier alpha value is -1.81. The zero-order valence-corrected chi connectivity index (χ0v) is 12.3. The van der Waals surface area contributed by atoms with E-state index in [1.807, 2.05) is 48.1 Å². The molecule has 1 aromatic carbocycles. The molecule has 0 bridgehead atoms. The van der Waals surface area contributed by atoms with Crippen LogP contribution >= 0.6 is 0 Å². The Morgan fingerprint density at radius 2 is 1.90 bits per heavy atom. The molecule has 1 unspecified atom stereocenters. The van der Waals surface area contributed by atoms with Crippen LogP contribution < -0.4 is 4.74 Å². The zero-order chi connectivity index (χ0) is 14.5. The van der Waals surface area contributed by atoms with Crippen molar-refractivity contribution < 1.29 is 9.84 Å². The van der Waals surface area contributed by atoms with E-state index in [2.05, 4.69) is 18.9 Å². The SMILES string of the molecule is CCC(O)c1ccc(OCc2ccn(C(C)C)n2)cc1. The molecule has 0 saturated heterocycles. The highest BCUT2D eigenvalue weighted by molar-refractivity contribution is 5.28. The summed E-state index contributed by atoms with van der Waals surface area (Å²) in [5.41, 5.74) is 1.83. The van der Waals surface area contributed by atoms with Crippen LogP contribution in [0.5, 0.6) is 5.75 Å². The van der Waals surface area contributed by atoms with E-state index in [0.717, 1.165) is 17.0 Å². The van der Waals surface area contributed by atoms with E-state index in [1.165, 1.54) is 0 Å². The zero-order valence-electron chi connectivity index (χ0n) is 12.3. The number of aliphatic hydroxyl groups is 1. The van der Waals surface area contributed by atoms with Gasteiger partial charge in [-0.3, -0.25) is 4.68 Å². The number of hydrogen-bond donors (Lipinski definition) is 1. The first-order valence-corrected chi connectivity index (χ1v) is 7.05. The second kappa shape index (κ2) is 6.57. The molecular weight excluding hydrogens is 252 g/mol. The van der Waals surface area contributed by atoms with Gasteiger partial charge in [0.1, 0.15) is 12.4 Å². The van der Waals surface area contributed by atoms with Crippen molar-refractivity contribution in [2.24, 2.45) is 0 Å². The smallest absolute Gasteiger partial charge is 0.132 e. The maximum Gasteiger partial charge on any atom is 0.132 e. The van der Waals surface area contributed by atoms with E-state index < -0.39 is 6.10 Å². The summed E-state index contributed by atoms with van der Waals surface area (Å²) in [6.07, 6.45) is 2.28. The molecule has 4 heteroatoms. The second-order valence-electron chi connectivity index (χ2n) is 5.16. The first-order chi connectivity index (χ1) is 9.60. The van der Waals surface area contributed by atoms with E-state index in [4.69, 9.17) is 4.74 Å². The van der Waals surface area contributed by atoms with Gasteiger partial charge in [-0.05, 0) is 44.0 Å². The summed E-state index contributed by atoms with van der Waals surface area (Å²) in [4.78, 5) is 0. The quantitative estimate of drug-likeness (QED) is 0.877. The average molecular weight is 274 g/mol. The van der Waals surface area contributed by atoms with Crippen LogP contribution in [0.3, 0.4) is 0 Å². The van der Waals surface area contributed by atoms with Gasteiger partial charge in [-0.2, -0.15) is 5.10 Å². The number of nitrogens with zero attached hydrogens (tertiary/aromatic N) is 2. The molecule has 0 radical (unpaired) electrons. The van der Waals surface area contributed by atoms with Crippen LogP contribution in [-0.2, 0) is 6.61 Å². The highest BCUT2D eigenvalue weighted by Gasteiger charge is 2.05. The van der Waals surface area contributed by atoms with Gasteiger partial charge in [0.15, 0.2) is 0 Å². The number of aliphatic hydroxyl groups excluding tert-OH is 1. The van der Waals surface area contributed by atoms with Crippen LogP contribution in [0, 0.1) is 0 Å². The molecule has 2 rings (SSSR count). The van der Waals surface area contributed by atoms with E-state index in [1.54, 1.807) is 0 Å². The number of aromatic nitrogens is 2. The van der Waals surface area contributed by atoms with Gasteiger partial charge >= 0.3 is 0 Å². The number of hydrogen-bond acceptors (Lipinski definition) is 3. The molecule has 0 aliphatic carbocycles. The minimum absolute atomic E-state index is 0.360. The Kier molecular flexibility index (Phi) is 4.79. The van der Waals surface area contributed by atoms with Crippen molar-refractivity contribution in [3.63, 3.8) is 0 Å². The number of rotatable bonds is 6. The Balaban J connectivity index is 1.93. The summed E-state index contributed by atoms with van der Waals surface area (Å²) >= 11 is 0. The van der Waals surface area contributed by atoms with Crippen LogP contribution in [0.25, 0.3) is 0 Å². The number of benzene rings is 1. The Bertz CT molecular complexity index is 532. The molecule has 0 fully saturated rings. The van der Waals surface area contributed by atoms with Crippen molar-refractivity contribution in [1.82, 2.24) is 9.78 Å². The van der Waals surface area contributed by atoms with Crippen LogP contribution in [0.15, 0.2) is 36.5 Å². The summed E-state index contributed by atoms with van der Waals surface area (Å²) in [5.74, 6) is 0.788. The standard InChI is InChI=1S/C16H22N2O2/c1-4-16(19)13-5-7-15(8-6-13)20-11-14-9-10-18(17-14)12(2)3/h5-10,12,16,19H,4,11H2,1-3H3. The molecule has 0 spiro atoms. The summed E-state index contributed by atoms with van der Waals surface area (Å²) in [6, 6.07) is 9.89. The van der Waals surface area contributed by atoms with Gasteiger partial charge in [-0.25, -0.2) is 0 Å². The predicted octanol–water partition coefficient (Wildman–Crippen LogP) is 3.49. The summed E-state index contributed by atoms with van der Waals surface area (Å²) in [7, 11) is 0. The fourth-order valence-corrected chi connectivity index (χ4v) is 1.92. The lowest BCUT2D eigenvalue weighted by Gasteiger charge is -2.09. The highest BCUT2D eigenvalue weighted by Crippen LogP contribution is 2.20. The molecule has 0 aliphatic heterocycles. The lowest BCUT2D eigenvalue weighted by Crippen LogP contribution is -2.03. The Morgan fingerprint density at radius 3 is 2.45 bits per heavy atom. The second-order valence-corrected chi connectivity index (χ2v) is 5.16. The van der Waals surface area contributed by atoms with Gasteiger partial charge in [0.25, 0.3) is 0 Å². The van der Waals surface area contributed by atoms with Crippen LogP contribution in [0.2, 0.25) is 0 Å². The lowest BCUT2D eigenvalue weighted by atomic mass is 10.1. The van der Waals surface area contributed by atoms with E-state index in [-0.39, 0.29) is 0 Å². The van der Waals surface area contributed by atoms with Gasteiger partial charge in [0, 0.05) is 12.2 Å². The fourth-order valence-electron chi connectivity index (χ4n) is 1.92. The van der Waals surface area contributed by atoms with Crippen LogP contribution in [0.1, 0.15) is 50.6 Å². The minimum Gasteiger partial charge on any atom is -0.487 e. The molecule has 0 amide bonds. The van der Waals surface area contributed by atoms with E-state index in [9.17, 15) is 5.11 Å². The monoisotopic (exact) mass is 274 g/mol. The molecular formula is C16H22N2O2. The van der Waals surface area contributed by atoms with Crippen molar-refractivity contribution in [2.75, 3.05) is 0 Å². The maximum atomic E-state index is 9.73. The molecule has 108 valence electrons. The van der Waals surface area contributed by atoms with Crippen LogP contribution in [0.4, 0.5) is 0 Å². The molecule has 1 aromatic heterocycles. The molecule has 4 nitrogen and oxygen atoms in total. The van der Waals surface area contributed by atoms with Gasteiger partial charge in [-0.1, -0.05) is 19.1 Å². The first kappa shape index (κ1) is 14.6. The van der Waals surface area contributed by atoms with Gasteiger partial charge < -0.3 is 9.84 Å². The van der Waals surface area contributed by atoms with Crippen molar-refractivity contribution in [3.05, 3.63) is 47.8 Å². The minimum atomic E-state index is -0.397. The molecule has 20 heavy (non-hydrogen) atoms. The third-order valence-electron chi connectivity index (χ3n) is 3.23. The highest BCUT2D eigenvalue weighted by atomic mass is 16.5. The van der Waals surface area contributed by atoms with Gasteiger partial charge in [0.05, 0.1) is 11.8 Å². The molecule has 1 atom stereocenters. The maximum absolute atomic E-state index is 9.73. The largest absolute Gasteiger partial charge is 0.487 e. The molecule has 1 N–H and O–H groups in total. The summed E-state index contributed by atoms with van der Waals surface area (Å²) in [5, 5.41) is 14.2.